The molecule has 1 amide bonds. The van der Waals surface area contributed by atoms with Gasteiger partial charge in [0.15, 0.2) is 0 Å². The normalized spacial score (nSPS) is 15.8. The van der Waals surface area contributed by atoms with Gasteiger partial charge in [-0.05, 0) is 30.9 Å². The Morgan fingerprint density at radius 1 is 1.60 bits per heavy atom. The molecule has 0 radical (unpaired) electrons. The summed E-state index contributed by atoms with van der Waals surface area (Å²) < 4.78 is 0. The summed E-state index contributed by atoms with van der Waals surface area (Å²) >= 11 is 5.86. The highest BCUT2D eigenvalue weighted by atomic mass is 35.5. The highest BCUT2D eigenvalue weighted by Crippen LogP contribution is 2.25. The van der Waals surface area contributed by atoms with Crippen LogP contribution >= 0.6 is 11.6 Å². The van der Waals surface area contributed by atoms with E-state index in [0.29, 0.717) is 16.6 Å². The van der Waals surface area contributed by atoms with E-state index < -0.39 is 0 Å². The molecule has 1 aromatic heterocycles. The summed E-state index contributed by atoms with van der Waals surface area (Å²) in [6, 6.07) is 3.39. The highest BCUT2D eigenvalue weighted by molar-refractivity contribution is 6.33. The molecule has 0 bridgehead atoms. The lowest BCUT2D eigenvalue weighted by molar-refractivity contribution is 0.0934. The molecule has 0 aliphatic heterocycles. The van der Waals surface area contributed by atoms with Gasteiger partial charge >= 0.3 is 0 Å². The Hall–Kier alpha value is -1.09. The van der Waals surface area contributed by atoms with E-state index in [1.807, 2.05) is 0 Å². The van der Waals surface area contributed by atoms with Crippen molar-refractivity contribution in [2.75, 3.05) is 6.54 Å². The van der Waals surface area contributed by atoms with Crippen LogP contribution < -0.4 is 5.32 Å². The molecule has 1 saturated carbocycles. The third kappa shape index (κ3) is 2.48. The van der Waals surface area contributed by atoms with E-state index in [4.69, 9.17) is 11.6 Å². The molecule has 1 aliphatic rings. The molecule has 0 atom stereocenters. The maximum atomic E-state index is 11.7. The van der Waals surface area contributed by atoms with E-state index in [2.05, 4.69) is 10.3 Å². The minimum absolute atomic E-state index is 0.174. The lowest BCUT2D eigenvalue weighted by Crippen LogP contribution is -2.32. The van der Waals surface area contributed by atoms with Gasteiger partial charge in [0.25, 0.3) is 5.91 Å². The average Bonchev–Trinajstić information content (AvgIpc) is 2.16. The summed E-state index contributed by atoms with van der Waals surface area (Å²) in [5, 5.41) is 3.26. The van der Waals surface area contributed by atoms with Gasteiger partial charge in [-0.15, -0.1) is 0 Å². The van der Waals surface area contributed by atoms with Gasteiger partial charge in [-0.3, -0.25) is 4.79 Å². The lowest BCUT2D eigenvalue weighted by atomic mass is 9.85. The zero-order valence-electron chi connectivity index (χ0n) is 8.37. The van der Waals surface area contributed by atoms with Gasteiger partial charge in [0.05, 0.1) is 5.02 Å². The summed E-state index contributed by atoms with van der Waals surface area (Å²) in [5.74, 6) is 0.476. The van der Waals surface area contributed by atoms with Gasteiger partial charge in [-0.1, -0.05) is 18.0 Å². The van der Waals surface area contributed by atoms with Crippen LogP contribution in [0, 0.1) is 5.92 Å². The molecule has 1 heterocycles. The van der Waals surface area contributed by atoms with Crippen molar-refractivity contribution < 1.29 is 4.79 Å². The molecule has 4 heteroatoms. The molecule has 0 unspecified atom stereocenters. The van der Waals surface area contributed by atoms with E-state index >= 15 is 0 Å². The number of aromatic nitrogens is 1. The molecule has 0 saturated heterocycles. The van der Waals surface area contributed by atoms with Crippen LogP contribution in [0.3, 0.4) is 0 Å². The second-order valence-corrected chi connectivity index (χ2v) is 4.25. The topological polar surface area (TPSA) is 42.0 Å². The third-order valence-corrected chi connectivity index (χ3v) is 3.05. The summed E-state index contributed by atoms with van der Waals surface area (Å²) in [5.41, 5.74) is 0.318. The Bertz CT molecular complexity index is 363. The van der Waals surface area contributed by atoms with Crippen molar-refractivity contribution in [3.63, 3.8) is 0 Å². The number of carbonyl (C=O) groups is 1. The second-order valence-electron chi connectivity index (χ2n) is 3.84. The molecule has 1 fully saturated rings. The number of nitrogens with zero attached hydrogens (tertiary/aromatic N) is 1. The second kappa shape index (κ2) is 4.62. The number of carbonyl (C=O) groups excluding carboxylic acids is 1. The summed E-state index contributed by atoms with van der Waals surface area (Å²) in [6.45, 7) is 0.742. The molecule has 3 nitrogen and oxygen atoms in total. The number of nitrogens with one attached hydrogen (secondary N) is 1. The van der Waals surface area contributed by atoms with Crippen LogP contribution in [0.1, 0.15) is 29.8 Å². The van der Waals surface area contributed by atoms with E-state index in [0.717, 1.165) is 6.54 Å². The third-order valence-electron chi connectivity index (χ3n) is 2.75. The van der Waals surface area contributed by atoms with Crippen LogP contribution in [0.4, 0.5) is 0 Å². The fourth-order valence-corrected chi connectivity index (χ4v) is 1.78. The number of hydrogen-bond donors (Lipinski definition) is 1. The van der Waals surface area contributed by atoms with Gasteiger partial charge in [0, 0.05) is 12.7 Å². The SMILES string of the molecule is O=C(NCC1CCC1)c1ncccc1Cl. The van der Waals surface area contributed by atoms with E-state index in [1.165, 1.54) is 19.3 Å². The molecule has 1 aromatic rings. The first kappa shape index (κ1) is 10.4. The summed E-state index contributed by atoms with van der Waals surface area (Å²) in [6.07, 6.45) is 5.29. The Morgan fingerprint density at radius 2 is 2.40 bits per heavy atom. The first-order valence-electron chi connectivity index (χ1n) is 5.16. The molecular weight excluding hydrogens is 212 g/mol. The number of hydrogen-bond acceptors (Lipinski definition) is 2. The van der Waals surface area contributed by atoms with Gasteiger partial charge in [-0.2, -0.15) is 0 Å². The maximum absolute atomic E-state index is 11.7. The van der Waals surface area contributed by atoms with E-state index in [1.54, 1.807) is 18.3 Å². The minimum Gasteiger partial charge on any atom is -0.350 e. The maximum Gasteiger partial charge on any atom is 0.271 e. The van der Waals surface area contributed by atoms with Crippen LogP contribution in [0.25, 0.3) is 0 Å². The van der Waals surface area contributed by atoms with Crippen molar-refractivity contribution in [2.24, 2.45) is 5.92 Å². The number of halogens is 1. The first-order chi connectivity index (χ1) is 7.27. The molecule has 1 aliphatic carbocycles. The molecule has 1 N–H and O–H groups in total. The monoisotopic (exact) mass is 224 g/mol. The summed E-state index contributed by atoms with van der Waals surface area (Å²) in [4.78, 5) is 15.6. The Labute approximate surface area is 93.8 Å². The molecule has 15 heavy (non-hydrogen) atoms. The van der Waals surface area contributed by atoms with Crippen molar-refractivity contribution in [3.05, 3.63) is 29.0 Å². The quantitative estimate of drug-likeness (QED) is 0.856. The first-order valence-corrected chi connectivity index (χ1v) is 5.54. The molecular formula is C11H13ClN2O. The Balaban J connectivity index is 1.92. The Kier molecular flexibility index (Phi) is 3.21. The molecule has 0 spiro atoms. The van der Waals surface area contributed by atoms with Crippen molar-refractivity contribution in [2.45, 2.75) is 19.3 Å². The van der Waals surface area contributed by atoms with Crippen LogP contribution in [0.5, 0.6) is 0 Å². The van der Waals surface area contributed by atoms with Gasteiger partial charge in [0.1, 0.15) is 5.69 Å². The Morgan fingerprint density at radius 3 is 3.00 bits per heavy atom. The van der Waals surface area contributed by atoms with Crippen molar-refractivity contribution in [1.82, 2.24) is 10.3 Å². The standard InChI is InChI=1S/C11H13ClN2O/c12-9-5-2-6-13-10(9)11(15)14-7-8-3-1-4-8/h2,5-6,8H,1,3-4,7H2,(H,14,15). The largest absolute Gasteiger partial charge is 0.350 e. The van der Waals surface area contributed by atoms with Crippen molar-refractivity contribution >= 4 is 17.5 Å². The molecule has 2 rings (SSSR count). The van der Waals surface area contributed by atoms with Crippen LogP contribution in [0.15, 0.2) is 18.3 Å². The fourth-order valence-electron chi connectivity index (χ4n) is 1.57. The number of rotatable bonds is 3. The van der Waals surface area contributed by atoms with Crippen molar-refractivity contribution in [3.8, 4) is 0 Å². The number of amides is 1. The predicted molar refractivity (Wildman–Crippen MR) is 58.9 cm³/mol. The zero-order valence-corrected chi connectivity index (χ0v) is 9.13. The highest BCUT2D eigenvalue weighted by Gasteiger charge is 2.19. The van der Waals surface area contributed by atoms with Gasteiger partial charge < -0.3 is 5.32 Å². The average molecular weight is 225 g/mol. The van der Waals surface area contributed by atoms with E-state index in [9.17, 15) is 4.79 Å². The fraction of sp³-hybridized carbons (Fsp3) is 0.455. The van der Waals surface area contributed by atoms with Gasteiger partial charge in [-0.25, -0.2) is 4.98 Å². The minimum atomic E-state index is -0.174. The molecule has 0 aromatic carbocycles. The predicted octanol–water partition coefficient (Wildman–Crippen LogP) is 2.26. The smallest absolute Gasteiger partial charge is 0.271 e. The lowest BCUT2D eigenvalue weighted by Gasteiger charge is -2.25. The van der Waals surface area contributed by atoms with Gasteiger partial charge in [0.2, 0.25) is 0 Å². The number of pyridine rings is 1. The molecule has 80 valence electrons. The van der Waals surface area contributed by atoms with E-state index in [-0.39, 0.29) is 5.91 Å². The summed E-state index contributed by atoms with van der Waals surface area (Å²) in [7, 11) is 0. The van der Waals surface area contributed by atoms with Crippen LogP contribution in [0.2, 0.25) is 5.02 Å². The van der Waals surface area contributed by atoms with Crippen molar-refractivity contribution in [1.29, 1.82) is 0 Å². The van der Waals surface area contributed by atoms with Crippen LogP contribution in [-0.2, 0) is 0 Å². The van der Waals surface area contributed by atoms with Crippen LogP contribution in [-0.4, -0.2) is 17.4 Å². The zero-order chi connectivity index (χ0) is 10.7.